The van der Waals surface area contributed by atoms with Crippen LogP contribution in [0.4, 0.5) is 11.6 Å². The molecular weight excluding hydrogens is 244 g/mol. The molecule has 0 aromatic carbocycles. The van der Waals surface area contributed by atoms with Gasteiger partial charge >= 0.3 is 0 Å². The first-order chi connectivity index (χ1) is 8.52. The molecule has 4 nitrogen and oxygen atoms in total. The number of hydrogen-bond acceptors (Lipinski definition) is 5. The largest absolute Gasteiger partial charge is 0.383 e. The lowest BCUT2D eigenvalue weighted by Crippen LogP contribution is -2.45. The minimum absolute atomic E-state index is 0.346. The maximum Gasteiger partial charge on any atom is 0.137 e. The summed E-state index contributed by atoms with van der Waals surface area (Å²) in [5, 5.41) is 0.620. The fourth-order valence-electron chi connectivity index (χ4n) is 2.41. The molecule has 0 spiro atoms. The Labute approximate surface area is 113 Å². The molecule has 1 aromatic heterocycles. The minimum atomic E-state index is 0.346. The first-order valence-corrected chi connectivity index (χ1v) is 7.55. The van der Waals surface area contributed by atoms with Gasteiger partial charge in [-0.15, -0.1) is 0 Å². The number of anilines is 2. The van der Waals surface area contributed by atoms with Gasteiger partial charge < -0.3 is 10.6 Å². The molecule has 5 heteroatoms. The lowest BCUT2D eigenvalue weighted by atomic mass is 10.0. The van der Waals surface area contributed by atoms with Gasteiger partial charge in [0.05, 0.1) is 0 Å². The van der Waals surface area contributed by atoms with Gasteiger partial charge in [0.15, 0.2) is 0 Å². The first-order valence-electron chi connectivity index (χ1n) is 6.51. The van der Waals surface area contributed by atoms with Crippen molar-refractivity contribution in [3.63, 3.8) is 0 Å². The van der Waals surface area contributed by atoms with Gasteiger partial charge in [-0.2, -0.15) is 11.8 Å². The number of nitrogens with zero attached hydrogens (tertiary/aromatic N) is 3. The Kier molecular flexibility index (Phi) is 4.00. The fourth-order valence-corrected chi connectivity index (χ4v) is 3.51. The third kappa shape index (κ3) is 2.41. The highest BCUT2D eigenvalue weighted by Crippen LogP contribution is 2.34. The lowest BCUT2D eigenvalue weighted by Gasteiger charge is -2.39. The number of aromatic nitrogens is 2. The van der Waals surface area contributed by atoms with Crippen LogP contribution in [0, 0.1) is 0 Å². The molecule has 0 aliphatic carbocycles. The van der Waals surface area contributed by atoms with E-state index in [9.17, 15) is 0 Å². The van der Waals surface area contributed by atoms with Crippen LogP contribution in [0.25, 0.3) is 0 Å². The monoisotopic (exact) mass is 266 g/mol. The van der Waals surface area contributed by atoms with Gasteiger partial charge in [-0.25, -0.2) is 9.97 Å². The topological polar surface area (TPSA) is 55.0 Å². The summed E-state index contributed by atoms with van der Waals surface area (Å²) in [6.07, 6.45) is 1.58. The van der Waals surface area contributed by atoms with Crippen LogP contribution in [0.1, 0.15) is 39.2 Å². The maximum absolute atomic E-state index is 6.03. The summed E-state index contributed by atoms with van der Waals surface area (Å²) in [6, 6.07) is 0.482. The van der Waals surface area contributed by atoms with Crippen molar-refractivity contribution >= 4 is 23.4 Å². The Morgan fingerprint density at radius 2 is 2.11 bits per heavy atom. The minimum Gasteiger partial charge on any atom is -0.383 e. The van der Waals surface area contributed by atoms with Crippen molar-refractivity contribution in [2.75, 3.05) is 22.9 Å². The van der Waals surface area contributed by atoms with Crippen LogP contribution in [-0.2, 0) is 0 Å². The molecule has 1 fully saturated rings. The van der Waals surface area contributed by atoms with Gasteiger partial charge in [0.1, 0.15) is 18.0 Å². The van der Waals surface area contributed by atoms with Gasteiger partial charge in [-0.1, -0.05) is 20.8 Å². The number of hydrogen-bond donors (Lipinski definition) is 1. The molecule has 100 valence electrons. The quantitative estimate of drug-likeness (QED) is 0.891. The Hall–Kier alpha value is -0.970. The average Bonchev–Trinajstić information content (AvgIpc) is 2.32. The first kappa shape index (κ1) is 13.5. The van der Waals surface area contributed by atoms with E-state index in [1.54, 1.807) is 6.33 Å². The van der Waals surface area contributed by atoms with Gasteiger partial charge in [0.2, 0.25) is 0 Å². The van der Waals surface area contributed by atoms with Crippen molar-refractivity contribution in [2.45, 2.75) is 44.9 Å². The third-order valence-electron chi connectivity index (χ3n) is 3.63. The molecule has 0 saturated carbocycles. The van der Waals surface area contributed by atoms with Crippen molar-refractivity contribution in [2.24, 2.45) is 0 Å². The molecule has 1 aliphatic rings. The van der Waals surface area contributed by atoms with E-state index in [1.807, 2.05) is 11.8 Å². The zero-order valence-electron chi connectivity index (χ0n) is 11.6. The van der Waals surface area contributed by atoms with Crippen LogP contribution in [-0.4, -0.2) is 33.6 Å². The van der Waals surface area contributed by atoms with E-state index in [1.165, 1.54) is 0 Å². The summed E-state index contributed by atoms with van der Waals surface area (Å²) >= 11 is 2.03. The molecular formula is C13H22N4S. The zero-order valence-corrected chi connectivity index (χ0v) is 12.4. The van der Waals surface area contributed by atoms with E-state index in [-0.39, 0.29) is 0 Å². The standard InChI is InChI=1S/C13H22N4S/c1-8(2)11-12(14)15-7-16-13(11)17-5-6-18-10(4)9(17)3/h7-10H,5-6H2,1-4H3,(H2,14,15,16). The van der Waals surface area contributed by atoms with Crippen LogP contribution >= 0.6 is 11.8 Å². The van der Waals surface area contributed by atoms with E-state index in [4.69, 9.17) is 5.73 Å². The Balaban J connectivity index is 2.41. The third-order valence-corrected chi connectivity index (χ3v) is 4.96. The predicted octanol–water partition coefficient (Wildman–Crippen LogP) is 2.51. The number of nitrogens with two attached hydrogens (primary N) is 1. The Bertz CT molecular complexity index is 421. The van der Waals surface area contributed by atoms with Gasteiger partial charge in [0, 0.05) is 29.2 Å². The van der Waals surface area contributed by atoms with E-state index in [0.717, 1.165) is 23.7 Å². The Morgan fingerprint density at radius 1 is 1.39 bits per heavy atom. The fraction of sp³-hybridized carbons (Fsp3) is 0.692. The lowest BCUT2D eigenvalue weighted by molar-refractivity contribution is 0.614. The second kappa shape index (κ2) is 5.34. The van der Waals surface area contributed by atoms with Crippen LogP contribution in [0.15, 0.2) is 6.33 Å². The molecule has 1 aromatic rings. The molecule has 1 saturated heterocycles. The van der Waals surface area contributed by atoms with Crippen LogP contribution < -0.4 is 10.6 Å². The molecule has 2 atom stereocenters. The summed E-state index contributed by atoms with van der Waals surface area (Å²) in [7, 11) is 0. The molecule has 2 rings (SSSR count). The molecule has 0 bridgehead atoms. The SMILES string of the molecule is CC(C)c1c(N)ncnc1N1CCSC(C)C1C. The second-order valence-corrected chi connectivity index (χ2v) is 6.65. The van der Waals surface area contributed by atoms with Crippen molar-refractivity contribution in [1.82, 2.24) is 9.97 Å². The van der Waals surface area contributed by atoms with Crippen LogP contribution in [0.2, 0.25) is 0 Å². The maximum atomic E-state index is 6.03. The van der Waals surface area contributed by atoms with Crippen LogP contribution in [0.3, 0.4) is 0 Å². The smallest absolute Gasteiger partial charge is 0.137 e. The highest BCUT2D eigenvalue weighted by molar-refractivity contribution is 8.00. The number of thioether (sulfide) groups is 1. The highest BCUT2D eigenvalue weighted by Gasteiger charge is 2.29. The molecule has 0 amide bonds. The van der Waals surface area contributed by atoms with E-state index in [0.29, 0.717) is 23.0 Å². The van der Waals surface area contributed by atoms with E-state index >= 15 is 0 Å². The molecule has 1 aliphatic heterocycles. The van der Waals surface area contributed by atoms with Crippen molar-refractivity contribution in [3.8, 4) is 0 Å². The van der Waals surface area contributed by atoms with Gasteiger partial charge in [-0.05, 0) is 12.8 Å². The highest BCUT2D eigenvalue weighted by atomic mass is 32.2. The number of rotatable bonds is 2. The summed E-state index contributed by atoms with van der Waals surface area (Å²) in [5.41, 5.74) is 7.11. The van der Waals surface area contributed by atoms with Crippen molar-refractivity contribution in [1.29, 1.82) is 0 Å². The summed E-state index contributed by atoms with van der Waals surface area (Å²) in [6.45, 7) is 9.86. The second-order valence-electron chi connectivity index (χ2n) is 5.16. The van der Waals surface area contributed by atoms with Crippen molar-refractivity contribution in [3.05, 3.63) is 11.9 Å². The molecule has 0 radical (unpaired) electrons. The van der Waals surface area contributed by atoms with Gasteiger partial charge in [0.25, 0.3) is 0 Å². The van der Waals surface area contributed by atoms with Crippen LogP contribution in [0.5, 0.6) is 0 Å². The van der Waals surface area contributed by atoms with Crippen molar-refractivity contribution < 1.29 is 0 Å². The molecule has 2 unspecified atom stereocenters. The predicted molar refractivity (Wildman–Crippen MR) is 79.3 cm³/mol. The molecule has 2 N–H and O–H groups in total. The molecule has 18 heavy (non-hydrogen) atoms. The summed E-state index contributed by atoms with van der Waals surface area (Å²) < 4.78 is 0. The summed E-state index contributed by atoms with van der Waals surface area (Å²) in [5.74, 6) is 3.14. The summed E-state index contributed by atoms with van der Waals surface area (Å²) in [4.78, 5) is 11.0. The normalized spacial score (nSPS) is 24.6. The van der Waals surface area contributed by atoms with E-state index in [2.05, 4.69) is 42.6 Å². The average molecular weight is 266 g/mol. The number of nitrogen functional groups attached to an aromatic ring is 1. The zero-order chi connectivity index (χ0) is 13.3. The van der Waals surface area contributed by atoms with Gasteiger partial charge in [-0.3, -0.25) is 0 Å². The Morgan fingerprint density at radius 3 is 2.78 bits per heavy atom. The van der Waals surface area contributed by atoms with E-state index < -0.39 is 0 Å². The molecule has 2 heterocycles.